The van der Waals surface area contributed by atoms with Crippen LogP contribution in [0.5, 0.6) is 0 Å². The van der Waals surface area contributed by atoms with Crippen molar-refractivity contribution in [3.8, 4) is 0 Å². The molecule has 3 aliphatic rings. The highest BCUT2D eigenvalue weighted by Gasteiger charge is 2.61. The number of para-hydroxylation sites is 1. The van der Waals surface area contributed by atoms with Gasteiger partial charge in [-0.15, -0.1) is 0 Å². The van der Waals surface area contributed by atoms with E-state index in [0.29, 0.717) is 30.7 Å². The number of anilines is 1. The van der Waals surface area contributed by atoms with E-state index in [-0.39, 0.29) is 11.4 Å². The van der Waals surface area contributed by atoms with Crippen LogP contribution in [0.2, 0.25) is 0 Å². The Bertz CT molecular complexity index is 698. The molecule has 0 unspecified atom stereocenters. The van der Waals surface area contributed by atoms with Crippen LogP contribution in [-0.4, -0.2) is 36.2 Å². The van der Waals surface area contributed by atoms with Crippen LogP contribution in [0, 0.1) is 16.7 Å². The van der Waals surface area contributed by atoms with E-state index >= 15 is 0 Å². The Kier molecular flexibility index (Phi) is 5.92. The summed E-state index contributed by atoms with van der Waals surface area (Å²) in [4.78, 5) is 15.1. The minimum Gasteiger partial charge on any atom is -0.376 e. The van der Waals surface area contributed by atoms with Crippen LogP contribution in [0.4, 0.5) is 10.5 Å². The number of nitrogens with zero attached hydrogens (tertiary/aromatic N) is 1. The molecule has 3 saturated carbocycles. The Morgan fingerprint density at radius 1 is 1.10 bits per heavy atom. The van der Waals surface area contributed by atoms with Gasteiger partial charge < -0.3 is 15.0 Å². The maximum absolute atomic E-state index is 13.1. The normalized spacial score (nSPS) is 31.0. The third-order valence-corrected chi connectivity index (χ3v) is 8.67. The second-order valence-electron chi connectivity index (χ2n) is 10.3. The van der Waals surface area contributed by atoms with Crippen molar-refractivity contribution in [2.24, 2.45) is 16.7 Å². The molecular weight excluding hydrogens is 360 g/mol. The van der Waals surface area contributed by atoms with Gasteiger partial charge in [-0.2, -0.15) is 0 Å². The number of urea groups is 1. The number of amides is 2. The van der Waals surface area contributed by atoms with Crippen LogP contribution < -0.4 is 5.32 Å². The summed E-state index contributed by atoms with van der Waals surface area (Å²) in [5, 5.41) is 3.10. The fourth-order valence-corrected chi connectivity index (χ4v) is 6.24. The number of hydrogen-bond acceptors (Lipinski definition) is 2. The van der Waals surface area contributed by atoms with E-state index in [2.05, 4.69) is 26.1 Å². The van der Waals surface area contributed by atoms with Gasteiger partial charge in [-0.1, -0.05) is 58.2 Å². The van der Waals surface area contributed by atoms with Crippen LogP contribution in [0.25, 0.3) is 0 Å². The van der Waals surface area contributed by atoms with Gasteiger partial charge in [0.25, 0.3) is 0 Å². The Morgan fingerprint density at radius 2 is 1.83 bits per heavy atom. The molecule has 1 aromatic rings. The lowest BCUT2D eigenvalue weighted by molar-refractivity contribution is -0.0517. The van der Waals surface area contributed by atoms with Gasteiger partial charge >= 0.3 is 6.03 Å². The Morgan fingerprint density at radius 3 is 2.45 bits per heavy atom. The van der Waals surface area contributed by atoms with Gasteiger partial charge in [0.1, 0.15) is 0 Å². The van der Waals surface area contributed by atoms with E-state index in [9.17, 15) is 4.79 Å². The molecule has 0 saturated heterocycles. The molecule has 3 aliphatic carbocycles. The molecule has 1 N–H and O–H groups in total. The quantitative estimate of drug-likeness (QED) is 0.630. The predicted octanol–water partition coefficient (Wildman–Crippen LogP) is 6.08. The first-order valence-corrected chi connectivity index (χ1v) is 11.7. The van der Waals surface area contributed by atoms with E-state index in [0.717, 1.165) is 24.4 Å². The van der Waals surface area contributed by atoms with Crippen molar-refractivity contribution in [3.05, 3.63) is 30.3 Å². The van der Waals surface area contributed by atoms with Crippen LogP contribution in [0.1, 0.15) is 72.1 Å². The predicted molar refractivity (Wildman–Crippen MR) is 118 cm³/mol. The number of nitrogens with one attached hydrogen (secondary N) is 1. The average molecular weight is 399 g/mol. The van der Waals surface area contributed by atoms with Gasteiger partial charge in [0.2, 0.25) is 0 Å². The Hall–Kier alpha value is -1.55. The molecule has 0 aliphatic heterocycles. The van der Waals surface area contributed by atoms with E-state index in [4.69, 9.17) is 4.74 Å². The van der Waals surface area contributed by atoms with Gasteiger partial charge in [0.05, 0.1) is 12.7 Å². The molecule has 0 heterocycles. The van der Waals surface area contributed by atoms with E-state index in [1.54, 1.807) is 0 Å². The summed E-state index contributed by atoms with van der Waals surface area (Å²) >= 11 is 0. The van der Waals surface area contributed by atoms with Gasteiger partial charge in [-0.05, 0) is 61.0 Å². The topological polar surface area (TPSA) is 41.6 Å². The van der Waals surface area contributed by atoms with Crippen LogP contribution in [0.3, 0.4) is 0 Å². The summed E-state index contributed by atoms with van der Waals surface area (Å²) in [5.41, 5.74) is 1.51. The standard InChI is InChI=1S/C25H38N2O2/c1-24(2)19-14-15-25(24,3)22(18-19)29-17-16-27(21-12-8-5-9-13-21)23(28)26-20-10-6-4-7-11-20/h4,6-7,10-11,19,21-22H,5,8-9,12-18H2,1-3H3,(H,26,28)/t19-,22+,25-/m0/s1. The third kappa shape index (κ3) is 3.93. The summed E-state index contributed by atoms with van der Waals surface area (Å²) in [6.07, 6.45) is 10.1. The summed E-state index contributed by atoms with van der Waals surface area (Å²) in [6, 6.07) is 10.1. The summed E-state index contributed by atoms with van der Waals surface area (Å²) in [6.45, 7) is 8.60. The zero-order chi connectivity index (χ0) is 20.5. The minimum absolute atomic E-state index is 0.0196. The molecule has 0 radical (unpaired) electrons. The molecule has 3 fully saturated rings. The van der Waals surface area contributed by atoms with Gasteiger partial charge in [-0.25, -0.2) is 4.79 Å². The number of ether oxygens (including phenoxy) is 1. The lowest BCUT2D eigenvalue weighted by atomic mass is 9.70. The fourth-order valence-electron chi connectivity index (χ4n) is 6.24. The number of carbonyl (C=O) groups excluding carboxylic acids is 1. The largest absolute Gasteiger partial charge is 0.376 e. The van der Waals surface area contributed by atoms with Crippen molar-refractivity contribution in [3.63, 3.8) is 0 Å². The van der Waals surface area contributed by atoms with Gasteiger partial charge in [0.15, 0.2) is 0 Å². The molecule has 0 aromatic heterocycles. The zero-order valence-electron chi connectivity index (χ0n) is 18.5. The van der Waals surface area contributed by atoms with Crippen molar-refractivity contribution in [2.45, 2.75) is 84.3 Å². The molecular formula is C25H38N2O2. The van der Waals surface area contributed by atoms with E-state index in [1.807, 2.05) is 35.2 Å². The molecule has 3 atom stereocenters. The molecule has 4 rings (SSSR count). The second-order valence-corrected chi connectivity index (χ2v) is 10.3. The fraction of sp³-hybridized carbons (Fsp3) is 0.720. The average Bonchev–Trinajstić information content (AvgIpc) is 3.06. The van der Waals surface area contributed by atoms with Crippen LogP contribution in [-0.2, 0) is 4.74 Å². The van der Waals surface area contributed by atoms with Gasteiger partial charge in [-0.3, -0.25) is 0 Å². The smallest absolute Gasteiger partial charge is 0.322 e. The molecule has 0 spiro atoms. The van der Waals surface area contributed by atoms with Crippen molar-refractivity contribution in [1.82, 2.24) is 4.90 Å². The lowest BCUT2D eigenvalue weighted by Gasteiger charge is -2.39. The van der Waals surface area contributed by atoms with Crippen molar-refractivity contribution < 1.29 is 9.53 Å². The molecule has 1 aromatic carbocycles. The molecule has 4 heteroatoms. The number of benzene rings is 1. The lowest BCUT2D eigenvalue weighted by Crippen LogP contribution is -2.46. The maximum Gasteiger partial charge on any atom is 0.322 e. The zero-order valence-corrected chi connectivity index (χ0v) is 18.5. The molecule has 29 heavy (non-hydrogen) atoms. The first-order valence-electron chi connectivity index (χ1n) is 11.7. The van der Waals surface area contributed by atoms with E-state index < -0.39 is 0 Å². The first kappa shape index (κ1) is 20.7. The van der Waals surface area contributed by atoms with Crippen molar-refractivity contribution >= 4 is 11.7 Å². The van der Waals surface area contributed by atoms with E-state index in [1.165, 1.54) is 38.5 Å². The number of fused-ring (bicyclic) bond motifs is 2. The molecule has 4 nitrogen and oxygen atoms in total. The van der Waals surface area contributed by atoms with Gasteiger partial charge in [0, 0.05) is 18.3 Å². The maximum atomic E-state index is 13.1. The Balaban J connectivity index is 1.37. The number of rotatable bonds is 6. The van der Waals surface area contributed by atoms with Crippen LogP contribution >= 0.6 is 0 Å². The highest BCUT2D eigenvalue weighted by atomic mass is 16.5. The highest BCUT2D eigenvalue weighted by molar-refractivity contribution is 5.89. The Labute approximate surface area is 176 Å². The molecule has 160 valence electrons. The third-order valence-electron chi connectivity index (χ3n) is 8.67. The number of carbonyl (C=O) groups is 1. The monoisotopic (exact) mass is 398 g/mol. The molecule has 2 bridgehead atoms. The van der Waals surface area contributed by atoms with Crippen LogP contribution in [0.15, 0.2) is 30.3 Å². The number of hydrogen-bond donors (Lipinski definition) is 1. The van der Waals surface area contributed by atoms with Crippen molar-refractivity contribution in [2.75, 3.05) is 18.5 Å². The SMILES string of the molecule is CC1(C)[C@H]2CC[C@@]1(C)[C@H](OCCN(C(=O)Nc1ccccc1)C1CCCCC1)C2. The highest BCUT2D eigenvalue weighted by Crippen LogP contribution is 2.66. The molecule has 2 amide bonds. The minimum atomic E-state index is 0.0196. The summed E-state index contributed by atoms with van der Waals surface area (Å²) in [7, 11) is 0. The summed E-state index contributed by atoms with van der Waals surface area (Å²) < 4.78 is 6.48. The first-order chi connectivity index (χ1) is 13.9. The second kappa shape index (κ2) is 8.29. The summed E-state index contributed by atoms with van der Waals surface area (Å²) in [5.74, 6) is 0.785. The van der Waals surface area contributed by atoms with Crippen molar-refractivity contribution in [1.29, 1.82) is 0 Å².